The van der Waals surface area contributed by atoms with Crippen LogP contribution in [0.25, 0.3) is 16.9 Å². The Hall–Kier alpha value is -3.98. The predicted molar refractivity (Wildman–Crippen MR) is 127 cm³/mol. The number of hydrazone groups is 1. The lowest BCUT2D eigenvalue weighted by atomic mass is 10.1. The van der Waals surface area contributed by atoms with Crippen LogP contribution in [0, 0.1) is 0 Å². The second-order valence-corrected chi connectivity index (χ2v) is 7.35. The Labute approximate surface area is 193 Å². The molecule has 0 aliphatic heterocycles. The molecule has 1 aromatic heterocycles. The van der Waals surface area contributed by atoms with Gasteiger partial charge >= 0.3 is 6.18 Å². The van der Waals surface area contributed by atoms with Crippen LogP contribution in [-0.2, 0) is 6.18 Å². The van der Waals surface area contributed by atoms with E-state index in [-0.39, 0.29) is 10.8 Å². The van der Waals surface area contributed by atoms with Crippen molar-refractivity contribution in [2.45, 2.75) is 6.18 Å². The molecule has 0 radical (unpaired) electrons. The molecule has 0 spiro atoms. The van der Waals surface area contributed by atoms with Crippen LogP contribution in [0.15, 0.2) is 96.2 Å². The van der Waals surface area contributed by atoms with Gasteiger partial charge in [-0.1, -0.05) is 60.7 Å². The third-order valence-electron chi connectivity index (χ3n) is 4.66. The van der Waals surface area contributed by atoms with Gasteiger partial charge in [-0.25, -0.2) is 4.68 Å². The first kappa shape index (κ1) is 22.2. The Bertz CT molecular complexity index is 1270. The van der Waals surface area contributed by atoms with Crippen molar-refractivity contribution in [3.8, 4) is 16.9 Å². The number of para-hydroxylation sites is 2. The summed E-state index contributed by atoms with van der Waals surface area (Å²) in [5, 5.41) is 11.3. The van der Waals surface area contributed by atoms with Crippen molar-refractivity contribution in [2.24, 2.45) is 5.10 Å². The highest BCUT2D eigenvalue weighted by Gasteiger charge is 2.33. The van der Waals surface area contributed by atoms with Gasteiger partial charge in [0.2, 0.25) is 0 Å². The number of thiocarbonyl (C=S) groups is 1. The molecule has 9 heteroatoms. The van der Waals surface area contributed by atoms with Gasteiger partial charge in [0.05, 0.1) is 23.2 Å². The summed E-state index contributed by atoms with van der Waals surface area (Å²) in [5.74, 6) is 0. The van der Waals surface area contributed by atoms with Gasteiger partial charge in [0.1, 0.15) is 5.69 Å². The van der Waals surface area contributed by atoms with E-state index in [1.54, 1.807) is 4.68 Å². The van der Waals surface area contributed by atoms with Crippen molar-refractivity contribution in [2.75, 3.05) is 5.32 Å². The SMILES string of the molecule is FC(F)(F)c1ccccc1NC(=S)NN=Cc1cn(-c2ccccc2)nc1-c1ccccc1. The molecule has 0 bridgehead atoms. The van der Waals surface area contributed by atoms with Crippen LogP contribution >= 0.6 is 12.2 Å². The third-order valence-corrected chi connectivity index (χ3v) is 4.85. The second-order valence-electron chi connectivity index (χ2n) is 6.95. The van der Waals surface area contributed by atoms with Crippen molar-refractivity contribution in [1.29, 1.82) is 0 Å². The van der Waals surface area contributed by atoms with Crippen LogP contribution in [0.2, 0.25) is 0 Å². The zero-order valence-corrected chi connectivity index (χ0v) is 17.9. The van der Waals surface area contributed by atoms with Crippen molar-refractivity contribution in [3.05, 3.63) is 102 Å². The molecule has 0 saturated carbocycles. The Morgan fingerprint density at radius 2 is 1.55 bits per heavy atom. The smallest absolute Gasteiger partial charge is 0.331 e. The normalized spacial score (nSPS) is 11.5. The van der Waals surface area contributed by atoms with Gasteiger partial charge in [0, 0.05) is 17.3 Å². The summed E-state index contributed by atoms with van der Waals surface area (Å²) in [6.45, 7) is 0. The molecule has 0 amide bonds. The van der Waals surface area contributed by atoms with Crippen LogP contribution in [0.1, 0.15) is 11.1 Å². The van der Waals surface area contributed by atoms with Crippen LogP contribution in [0.4, 0.5) is 18.9 Å². The Kier molecular flexibility index (Phi) is 6.50. The minimum Gasteiger partial charge on any atom is -0.331 e. The van der Waals surface area contributed by atoms with E-state index in [0.29, 0.717) is 11.3 Å². The number of nitrogens with zero attached hydrogens (tertiary/aromatic N) is 3. The van der Waals surface area contributed by atoms with Crippen molar-refractivity contribution in [1.82, 2.24) is 15.2 Å². The minimum atomic E-state index is -4.50. The molecule has 0 unspecified atom stereocenters. The fourth-order valence-corrected chi connectivity index (χ4v) is 3.33. The predicted octanol–water partition coefficient (Wildman–Crippen LogP) is 5.88. The molecular formula is C24H18F3N5S. The Balaban J connectivity index is 1.55. The topological polar surface area (TPSA) is 54.2 Å². The average molecular weight is 466 g/mol. The number of alkyl halides is 3. The lowest BCUT2D eigenvalue weighted by Gasteiger charge is -2.14. The molecule has 33 heavy (non-hydrogen) atoms. The number of halogens is 3. The van der Waals surface area contributed by atoms with Gasteiger partial charge in [0.25, 0.3) is 0 Å². The molecule has 166 valence electrons. The van der Waals surface area contributed by atoms with Crippen LogP contribution in [0.5, 0.6) is 0 Å². The van der Waals surface area contributed by atoms with E-state index in [2.05, 4.69) is 20.9 Å². The van der Waals surface area contributed by atoms with Gasteiger partial charge < -0.3 is 5.32 Å². The van der Waals surface area contributed by atoms with E-state index in [1.807, 2.05) is 66.9 Å². The van der Waals surface area contributed by atoms with Gasteiger partial charge in [-0.15, -0.1) is 0 Å². The van der Waals surface area contributed by atoms with Crippen LogP contribution in [0.3, 0.4) is 0 Å². The van der Waals surface area contributed by atoms with Crippen molar-refractivity contribution >= 4 is 29.2 Å². The molecule has 0 saturated heterocycles. The van der Waals surface area contributed by atoms with Crippen LogP contribution in [-0.4, -0.2) is 21.1 Å². The monoisotopic (exact) mass is 465 g/mol. The van der Waals surface area contributed by atoms with E-state index in [1.165, 1.54) is 24.4 Å². The molecule has 5 nitrogen and oxygen atoms in total. The number of hydrogen-bond donors (Lipinski definition) is 2. The quantitative estimate of drug-likeness (QED) is 0.220. The molecule has 2 N–H and O–H groups in total. The van der Waals surface area contributed by atoms with Gasteiger partial charge in [-0.05, 0) is 36.5 Å². The van der Waals surface area contributed by atoms with Crippen molar-refractivity contribution < 1.29 is 13.2 Å². The number of nitrogens with one attached hydrogen (secondary N) is 2. The van der Waals surface area contributed by atoms with E-state index >= 15 is 0 Å². The maximum absolute atomic E-state index is 13.2. The Morgan fingerprint density at radius 1 is 0.909 bits per heavy atom. The summed E-state index contributed by atoms with van der Waals surface area (Å²) in [4.78, 5) is 0. The Morgan fingerprint density at radius 3 is 2.24 bits per heavy atom. The zero-order chi connectivity index (χ0) is 23.3. The summed E-state index contributed by atoms with van der Waals surface area (Å²) >= 11 is 5.12. The summed E-state index contributed by atoms with van der Waals surface area (Å²) in [6, 6.07) is 24.3. The molecule has 4 rings (SSSR count). The number of anilines is 1. The maximum atomic E-state index is 13.2. The highest BCUT2D eigenvalue weighted by molar-refractivity contribution is 7.80. The first-order valence-electron chi connectivity index (χ1n) is 9.88. The molecule has 3 aromatic carbocycles. The largest absolute Gasteiger partial charge is 0.418 e. The zero-order valence-electron chi connectivity index (χ0n) is 17.1. The highest BCUT2D eigenvalue weighted by Crippen LogP contribution is 2.34. The standard InChI is InChI=1S/C24H18F3N5S/c25-24(26,27)20-13-7-8-14-21(20)29-23(33)30-28-15-18-16-32(19-11-5-2-6-12-19)31-22(18)17-9-3-1-4-10-17/h1-16H,(H2,29,30,33). The lowest BCUT2D eigenvalue weighted by molar-refractivity contribution is -0.136. The molecule has 0 fully saturated rings. The number of aromatic nitrogens is 2. The average Bonchev–Trinajstić information content (AvgIpc) is 3.24. The molecule has 4 aromatic rings. The van der Waals surface area contributed by atoms with E-state index in [0.717, 1.165) is 17.3 Å². The van der Waals surface area contributed by atoms with E-state index in [4.69, 9.17) is 12.2 Å². The van der Waals surface area contributed by atoms with Crippen LogP contribution < -0.4 is 10.7 Å². The summed E-state index contributed by atoms with van der Waals surface area (Å²) in [6.07, 6.45) is -1.16. The molecule has 0 aliphatic carbocycles. The van der Waals surface area contributed by atoms with Gasteiger partial charge in [0.15, 0.2) is 5.11 Å². The van der Waals surface area contributed by atoms with E-state index < -0.39 is 11.7 Å². The summed E-state index contributed by atoms with van der Waals surface area (Å²) in [5.41, 5.74) is 4.79. The lowest BCUT2D eigenvalue weighted by Crippen LogP contribution is -2.25. The third kappa shape index (κ3) is 5.45. The number of rotatable bonds is 5. The van der Waals surface area contributed by atoms with Crippen molar-refractivity contribution in [3.63, 3.8) is 0 Å². The molecule has 0 aliphatic rings. The minimum absolute atomic E-state index is 0.0698. The maximum Gasteiger partial charge on any atom is 0.418 e. The first-order chi connectivity index (χ1) is 15.9. The number of hydrogen-bond acceptors (Lipinski definition) is 3. The van der Waals surface area contributed by atoms with Gasteiger partial charge in [-0.3, -0.25) is 5.43 Å². The van der Waals surface area contributed by atoms with Gasteiger partial charge in [-0.2, -0.15) is 23.4 Å². The highest BCUT2D eigenvalue weighted by atomic mass is 32.1. The second kappa shape index (κ2) is 9.66. The molecular weight excluding hydrogens is 447 g/mol. The summed E-state index contributed by atoms with van der Waals surface area (Å²) < 4.78 is 41.3. The summed E-state index contributed by atoms with van der Waals surface area (Å²) in [7, 11) is 0. The fourth-order valence-electron chi connectivity index (χ4n) is 3.17. The molecule has 1 heterocycles. The van der Waals surface area contributed by atoms with E-state index in [9.17, 15) is 13.2 Å². The first-order valence-corrected chi connectivity index (χ1v) is 10.3. The fraction of sp³-hybridized carbons (Fsp3) is 0.0417. The number of benzene rings is 3. The molecule has 0 atom stereocenters.